The van der Waals surface area contributed by atoms with E-state index in [0.717, 1.165) is 96.3 Å². The quantitative estimate of drug-likeness (QED) is 0.0228. The predicted molar refractivity (Wildman–Crippen MR) is 340 cm³/mol. The molecule has 1 aliphatic heterocycles. The van der Waals surface area contributed by atoms with Crippen molar-refractivity contribution >= 4 is 23.9 Å². The van der Waals surface area contributed by atoms with Crippen molar-refractivity contribution in [1.82, 2.24) is 0 Å². The monoisotopic (exact) mass is 1160 g/mol. The second kappa shape index (κ2) is 58.0. The van der Waals surface area contributed by atoms with Gasteiger partial charge in [-0.1, -0.05) is 266 Å². The highest BCUT2D eigenvalue weighted by Gasteiger charge is 2.50. The Morgan fingerprint density at radius 1 is 0.410 bits per heavy atom. The van der Waals surface area contributed by atoms with Gasteiger partial charge < -0.3 is 39.0 Å². The van der Waals surface area contributed by atoms with E-state index < -0.39 is 67.3 Å². The summed E-state index contributed by atoms with van der Waals surface area (Å²) in [4.78, 5) is 51.3. The average Bonchev–Trinajstić information content (AvgIpc) is 3.60. The number of allylic oxidation sites excluding steroid dienone is 16. The lowest BCUT2D eigenvalue weighted by atomic mass is 9.98. The van der Waals surface area contributed by atoms with Crippen LogP contribution in [0.2, 0.25) is 0 Å². The zero-order valence-electron chi connectivity index (χ0n) is 52.4. The fourth-order valence-corrected chi connectivity index (χ4v) is 9.60. The lowest BCUT2D eigenvalue weighted by Crippen LogP contribution is -2.61. The highest BCUT2D eigenvalue weighted by Crippen LogP contribution is 2.26. The van der Waals surface area contributed by atoms with Crippen molar-refractivity contribution in [3.8, 4) is 0 Å². The first kappa shape index (κ1) is 76.7. The van der Waals surface area contributed by atoms with Crippen molar-refractivity contribution in [2.75, 3.05) is 13.2 Å². The Balaban J connectivity index is 2.69. The second-order valence-corrected chi connectivity index (χ2v) is 22.4. The molecule has 0 aromatic carbocycles. The summed E-state index contributed by atoms with van der Waals surface area (Å²) < 4.78 is 28.4. The summed E-state index contributed by atoms with van der Waals surface area (Å²) >= 11 is 0. The molecule has 3 N–H and O–H groups in total. The minimum absolute atomic E-state index is 0.0690. The van der Waals surface area contributed by atoms with Crippen LogP contribution in [-0.2, 0) is 42.9 Å². The number of aliphatic hydroxyl groups excluding tert-OH is 2. The Bertz CT molecular complexity index is 1810. The molecular formula is C71H118O12. The smallest absolute Gasteiger partial charge is 0.335 e. The number of carbonyl (C=O) groups is 4. The molecule has 1 rings (SSSR count). The van der Waals surface area contributed by atoms with E-state index in [4.69, 9.17) is 23.7 Å². The maximum Gasteiger partial charge on any atom is 0.335 e. The number of aliphatic carboxylic acids is 1. The van der Waals surface area contributed by atoms with Crippen LogP contribution in [0.4, 0.5) is 0 Å². The third-order valence-corrected chi connectivity index (χ3v) is 14.7. The minimum atomic E-state index is -1.93. The van der Waals surface area contributed by atoms with Crippen molar-refractivity contribution in [3.05, 3.63) is 97.2 Å². The van der Waals surface area contributed by atoms with Gasteiger partial charge in [-0.05, 0) is 89.9 Å². The van der Waals surface area contributed by atoms with Crippen LogP contribution in [0.1, 0.15) is 278 Å². The number of carboxylic acid groups (broad SMARTS) is 1. The molecule has 0 aromatic heterocycles. The maximum absolute atomic E-state index is 13.2. The van der Waals surface area contributed by atoms with Crippen molar-refractivity contribution in [3.63, 3.8) is 0 Å². The van der Waals surface area contributed by atoms with Gasteiger partial charge in [-0.15, -0.1) is 0 Å². The normalized spacial score (nSPS) is 18.2. The van der Waals surface area contributed by atoms with Crippen LogP contribution in [0.15, 0.2) is 97.2 Å². The first-order chi connectivity index (χ1) is 40.6. The first-order valence-corrected chi connectivity index (χ1v) is 33.2. The van der Waals surface area contributed by atoms with Crippen molar-refractivity contribution in [1.29, 1.82) is 0 Å². The minimum Gasteiger partial charge on any atom is -0.479 e. The van der Waals surface area contributed by atoms with Gasteiger partial charge in [0.1, 0.15) is 18.8 Å². The van der Waals surface area contributed by atoms with E-state index in [1.165, 1.54) is 116 Å². The lowest BCUT2D eigenvalue weighted by molar-refractivity contribution is -0.301. The van der Waals surface area contributed by atoms with Crippen molar-refractivity contribution in [2.24, 2.45) is 0 Å². The highest BCUT2D eigenvalue weighted by molar-refractivity contribution is 5.74. The van der Waals surface area contributed by atoms with Crippen molar-refractivity contribution in [2.45, 2.75) is 314 Å². The Morgan fingerprint density at radius 2 is 0.783 bits per heavy atom. The molecule has 0 saturated carbocycles. The van der Waals surface area contributed by atoms with Crippen LogP contribution in [0.5, 0.6) is 0 Å². The van der Waals surface area contributed by atoms with E-state index >= 15 is 0 Å². The number of ether oxygens (including phenoxy) is 5. The Labute approximate surface area is 504 Å². The van der Waals surface area contributed by atoms with Gasteiger partial charge in [0, 0.05) is 19.3 Å². The molecule has 0 amide bonds. The molecule has 474 valence electrons. The number of esters is 3. The number of unbranched alkanes of at least 4 members (excludes halogenated alkanes) is 26. The van der Waals surface area contributed by atoms with E-state index in [1.807, 2.05) is 18.2 Å². The van der Waals surface area contributed by atoms with Gasteiger partial charge in [-0.25, -0.2) is 4.79 Å². The second-order valence-electron chi connectivity index (χ2n) is 22.4. The molecule has 0 aliphatic carbocycles. The number of hydrogen-bond donors (Lipinski definition) is 3. The van der Waals surface area contributed by atoms with Crippen LogP contribution in [-0.4, -0.2) is 89.2 Å². The molecule has 12 nitrogen and oxygen atoms in total. The number of carbonyl (C=O) groups excluding carboxylic acids is 3. The third-order valence-electron chi connectivity index (χ3n) is 14.7. The molecule has 1 aliphatic rings. The molecule has 6 unspecified atom stereocenters. The van der Waals surface area contributed by atoms with Gasteiger partial charge in [0.15, 0.2) is 24.6 Å². The van der Waals surface area contributed by atoms with Gasteiger partial charge in [0.05, 0.1) is 6.61 Å². The molecule has 0 radical (unpaired) electrons. The number of aliphatic hydroxyl groups is 2. The zero-order chi connectivity index (χ0) is 60.3. The van der Waals surface area contributed by atoms with Crippen LogP contribution >= 0.6 is 0 Å². The molecule has 12 heteroatoms. The number of hydrogen-bond acceptors (Lipinski definition) is 11. The summed E-state index contributed by atoms with van der Waals surface area (Å²) in [6, 6.07) is 0. The van der Waals surface area contributed by atoms with Gasteiger partial charge in [0.2, 0.25) is 0 Å². The Kier molecular flexibility index (Phi) is 53.6. The van der Waals surface area contributed by atoms with Crippen LogP contribution < -0.4 is 0 Å². The molecular weight excluding hydrogens is 1040 g/mol. The SMILES string of the molecule is CC/C=C\C/C=C\C/C=C\C/C=C\C/C=C\C/C=C\CCC(=O)OC1C(OCC(COC(=O)CCCCCCCCCCCCCCCCCCCCC)OC(=O)CCCCCCC/C=C\C/C=C\CCCCC)OC(C(=O)O)C(O)C1O. The fourth-order valence-electron chi connectivity index (χ4n) is 9.60. The van der Waals surface area contributed by atoms with Crippen molar-refractivity contribution < 1.29 is 58.2 Å². The molecule has 0 bridgehead atoms. The largest absolute Gasteiger partial charge is 0.479 e. The summed E-state index contributed by atoms with van der Waals surface area (Å²) in [6.45, 7) is 5.85. The standard InChI is InChI=1S/C71H118O12/c1-4-7-10-13-16-19-22-25-28-30-32-34-37-39-42-45-48-51-54-57-63(72)79-60-62(81-64(73)58-55-52-49-46-43-40-36-27-24-21-18-15-12-9-6-3)61-80-71-69(67(76)66(75)68(83-71)70(77)78)82-65(74)59-56-53-50-47-44-41-38-35-33-31-29-26-23-20-17-14-11-8-5-2/h8,11,17-18,20-21,26-27,29,33,35-36,41,44,50,53,62,66-69,71,75-76H,4-7,9-10,12-16,19,22-25,28,30-32,34,37-40,42-43,45-49,51-52,54-61H2,1-3H3,(H,77,78)/b11-8-,20-17-,21-18-,29-26-,35-33-,36-27-,44-41-,53-50-. The van der Waals surface area contributed by atoms with E-state index in [1.54, 1.807) is 0 Å². The van der Waals surface area contributed by atoms with Crippen LogP contribution in [0, 0.1) is 0 Å². The Hall–Kier alpha value is -4.36. The molecule has 1 saturated heterocycles. The van der Waals surface area contributed by atoms with E-state index in [-0.39, 0.29) is 25.9 Å². The molecule has 1 heterocycles. The van der Waals surface area contributed by atoms with E-state index in [2.05, 4.69) is 99.8 Å². The molecule has 1 fully saturated rings. The predicted octanol–water partition coefficient (Wildman–Crippen LogP) is 18.0. The van der Waals surface area contributed by atoms with Crippen LogP contribution in [0.3, 0.4) is 0 Å². The molecule has 0 spiro atoms. The molecule has 6 atom stereocenters. The first-order valence-electron chi connectivity index (χ1n) is 33.2. The van der Waals surface area contributed by atoms with Crippen LogP contribution in [0.25, 0.3) is 0 Å². The lowest BCUT2D eigenvalue weighted by Gasteiger charge is -2.40. The molecule has 83 heavy (non-hydrogen) atoms. The van der Waals surface area contributed by atoms with E-state index in [0.29, 0.717) is 25.7 Å². The fraction of sp³-hybridized carbons (Fsp3) is 0.718. The summed E-state index contributed by atoms with van der Waals surface area (Å²) in [6.07, 6.45) is 65.2. The van der Waals surface area contributed by atoms with Gasteiger partial charge >= 0.3 is 23.9 Å². The topological polar surface area (TPSA) is 175 Å². The highest BCUT2D eigenvalue weighted by atomic mass is 16.7. The van der Waals surface area contributed by atoms with Gasteiger partial charge in [-0.3, -0.25) is 14.4 Å². The Morgan fingerprint density at radius 3 is 1.23 bits per heavy atom. The summed E-state index contributed by atoms with van der Waals surface area (Å²) in [7, 11) is 0. The maximum atomic E-state index is 13.2. The summed E-state index contributed by atoms with van der Waals surface area (Å²) in [5.41, 5.74) is 0. The van der Waals surface area contributed by atoms with Gasteiger partial charge in [0.25, 0.3) is 0 Å². The average molecular weight is 1160 g/mol. The summed E-state index contributed by atoms with van der Waals surface area (Å²) in [5, 5.41) is 31.6. The van der Waals surface area contributed by atoms with E-state index in [9.17, 15) is 34.5 Å². The number of rotatable bonds is 56. The molecule has 0 aromatic rings. The zero-order valence-corrected chi connectivity index (χ0v) is 52.4. The number of carboxylic acids is 1. The van der Waals surface area contributed by atoms with Gasteiger partial charge in [-0.2, -0.15) is 0 Å². The third kappa shape index (κ3) is 47.6. The summed E-state index contributed by atoms with van der Waals surface area (Å²) in [5.74, 6) is -3.24.